The van der Waals surface area contributed by atoms with Gasteiger partial charge in [-0.15, -0.1) is 0 Å². The molecule has 0 atom stereocenters. The monoisotopic (exact) mass is 269 g/mol. The Kier molecular flexibility index (Phi) is 3.38. The third-order valence-corrected chi connectivity index (χ3v) is 3.77. The van der Waals surface area contributed by atoms with E-state index in [-0.39, 0.29) is 24.3 Å². The summed E-state index contributed by atoms with van der Waals surface area (Å²) in [7, 11) is 0. The molecule has 7 nitrogen and oxygen atoms in total. The molecule has 0 aromatic carbocycles. The minimum absolute atomic E-state index is 0.0307. The van der Waals surface area contributed by atoms with E-state index in [1.165, 1.54) is 0 Å². The average Bonchev–Trinajstić information content (AvgIpc) is 2.25. The van der Waals surface area contributed by atoms with Crippen molar-refractivity contribution in [3.05, 3.63) is 0 Å². The molecule has 0 aromatic rings. The van der Waals surface area contributed by atoms with Crippen molar-refractivity contribution < 1.29 is 19.5 Å². The molecule has 2 fully saturated rings. The van der Waals surface area contributed by atoms with Crippen molar-refractivity contribution in [1.82, 2.24) is 15.1 Å². The third-order valence-electron chi connectivity index (χ3n) is 3.77. The fourth-order valence-corrected chi connectivity index (χ4v) is 2.51. The number of nitrogens with zero attached hydrogens (tertiary/aromatic N) is 2. The number of hydrogen-bond acceptors (Lipinski definition) is 3. The second kappa shape index (κ2) is 4.71. The van der Waals surface area contributed by atoms with Crippen molar-refractivity contribution >= 4 is 17.9 Å². The molecular weight excluding hydrogens is 250 g/mol. The van der Waals surface area contributed by atoms with E-state index < -0.39 is 11.5 Å². The number of urea groups is 1. The Morgan fingerprint density at radius 3 is 2.63 bits per heavy atom. The molecule has 2 aliphatic rings. The molecule has 2 rings (SSSR count). The summed E-state index contributed by atoms with van der Waals surface area (Å²) in [6.07, 6.45) is 0.0909. The summed E-state index contributed by atoms with van der Waals surface area (Å²) in [6, 6.07) is -0.179. The topological polar surface area (TPSA) is 90.0 Å². The number of amides is 3. The molecule has 3 amide bonds. The normalized spacial score (nSPS) is 22.7. The quantitative estimate of drug-likeness (QED) is 0.721. The molecule has 0 aromatic heterocycles. The van der Waals surface area contributed by atoms with Crippen LogP contribution >= 0.6 is 0 Å². The van der Waals surface area contributed by atoms with Crippen LogP contribution in [0.25, 0.3) is 0 Å². The molecule has 0 saturated carbocycles. The van der Waals surface area contributed by atoms with Crippen LogP contribution < -0.4 is 5.32 Å². The van der Waals surface area contributed by atoms with Gasteiger partial charge in [0.25, 0.3) is 0 Å². The first-order chi connectivity index (χ1) is 8.82. The Labute approximate surface area is 111 Å². The van der Waals surface area contributed by atoms with Crippen molar-refractivity contribution in [2.45, 2.75) is 25.8 Å². The van der Waals surface area contributed by atoms with Gasteiger partial charge in [-0.3, -0.25) is 9.59 Å². The maximum Gasteiger partial charge on any atom is 0.320 e. The Balaban J connectivity index is 1.94. The first-order valence-corrected chi connectivity index (χ1v) is 6.39. The van der Waals surface area contributed by atoms with Crippen molar-refractivity contribution in [1.29, 1.82) is 0 Å². The zero-order chi connectivity index (χ0) is 14.2. The Morgan fingerprint density at radius 1 is 1.42 bits per heavy atom. The molecule has 2 saturated heterocycles. The van der Waals surface area contributed by atoms with Gasteiger partial charge in [0.15, 0.2) is 0 Å². The zero-order valence-corrected chi connectivity index (χ0v) is 11.2. The molecule has 2 aliphatic heterocycles. The number of carboxylic acid groups (broad SMARTS) is 1. The maximum absolute atomic E-state index is 12.3. The predicted molar refractivity (Wildman–Crippen MR) is 66.5 cm³/mol. The lowest BCUT2D eigenvalue weighted by Gasteiger charge is -2.47. The van der Waals surface area contributed by atoms with Gasteiger partial charge in [-0.1, -0.05) is 0 Å². The number of likely N-dealkylation sites (tertiary alicyclic amines) is 1. The van der Waals surface area contributed by atoms with Gasteiger partial charge >= 0.3 is 12.0 Å². The smallest absolute Gasteiger partial charge is 0.320 e. The highest BCUT2D eigenvalue weighted by Crippen LogP contribution is 2.25. The number of carbonyl (C=O) groups excluding carboxylic acids is 2. The molecule has 0 aliphatic carbocycles. The van der Waals surface area contributed by atoms with Crippen molar-refractivity contribution in [3.8, 4) is 0 Å². The molecule has 0 unspecified atom stereocenters. The molecule has 19 heavy (non-hydrogen) atoms. The summed E-state index contributed by atoms with van der Waals surface area (Å²) >= 11 is 0. The molecular formula is C12H19N3O4. The fourth-order valence-electron chi connectivity index (χ4n) is 2.51. The number of aliphatic carboxylic acids is 1. The first-order valence-electron chi connectivity index (χ1n) is 6.39. The van der Waals surface area contributed by atoms with Gasteiger partial charge in [-0.25, -0.2) is 4.79 Å². The average molecular weight is 269 g/mol. The van der Waals surface area contributed by atoms with Crippen LogP contribution in [-0.4, -0.2) is 64.5 Å². The van der Waals surface area contributed by atoms with Crippen molar-refractivity contribution in [2.24, 2.45) is 5.92 Å². The lowest BCUT2D eigenvalue weighted by atomic mass is 9.95. The molecule has 0 bridgehead atoms. The van der Waals surface area contributed by atoms with Gasteiger partial charge in [0.1, 0.15) is 5.54 Å². The van der Waals surface area contributed by atoms with E-state index in [1.54, 1.807) is 23.6 Å². The minimum Gasteiger partial charge on any atom is -0.481 e. The van der Waals surface area contributed by atoms with Crippen molar-refractivity contribution in [3.63, 3.8) is 0 Å². The lowest BCUT2D eigenvalue weighted by molar-refractivity contribution is -0.139. The van der Waals surface area contributed by atoms with Gasteiger partial charge in [0.05, 0.1) is 6.42 Å². The molecule has 0 radical (unpaired) electrons. The Bertz CT molecular complexity index is 415. The van der Waals surface area contributed by atoms with E-state index in [4.69, 9.17) is 5.11 Å². The number of hydrogen-bond donors (Lipinski definition) is 2. The summed E-state index contributed by atoms with van der Waals surface area (Å²) in [6.45, 7) is 5.29. The van der Waals surface area contributed by atoms with E-state index in [0.29, 0.717) is 26.2 Å². The molecule has 2 heterocycles. The summed E-state index contributed by atoms with van der Waals surface area (Å²) < 4.78 is 0. The van der Waals surface area contributed by atoms with Gasteiger partial charge in [-0.05, 0) is 13.8 Å². The Hall–Kier alpha value is -1.79. The summed E-state index contributed by atoms with van der Waals surface area (Å²) in [4.78, 5) is 37.8. The molecule has 7 heteroatoms. The second-order valence-electron chi connectivity index (χ2n) is 5.62. The molecule has 106 valence electrons. The van der Waals surface area contributed by atoms with E-state index in [1.807, 2.05) is 0 Å². The second-order valence-corrected chi connectivity index (χ2v) is 5.62. The van der Waals surface area contributed by atoms with Crippen molar-refractivity contribution in [2.75, 3.05) is 26.2 Å². The van der Waals surface area contributed by atoms with Gasteiger partial charge in [0, 0.05) is 32.1 Å². The van der Waals surface area contributed by atoms with Crippen LogP contribution in [0.5, 0.6) is 0 Å². The van der Waals surface area contributed by atoms with Crippen LogP contribution in [-0.2, 0) is 9.59 Å². The number of carboxylic acids is 1. The summed E-state index contributed by atoms with van der Waals surface area (Å²) in [5, 5.41) is 11.4. The van der Waals surface area contributed by atoms with Crippen LogP contribution in [0.15, 0.2) is 0 Å². The van der Waals surface area contributed by atoms with Gasteiger partial charge < -0.3 is 20.2 Å². The maximum atomic E-state index is 12.3. The van der Waals surface area contributed by atoms with E-state index in [9.17, 15) is 14.4 Å². The van der Waals surface area contributed by atoms with Crippen LogP contribution in [0.2, 0.25) is 0 Å². The van der Waals surface area contributed by atoms with E-state index >= 15 is 0 Å². The predicted octanol–water partition coefficient (Wildman–Crippen LogP) is -0.277. The van der Waals surface area contributed by atoms with Crippen LogP contribution in [0.3, 0.4) is 0 Å². The lowest BCUT2D eigenvalue weighted by Crippen LogP contribution is -2.67. The van der Waals surface area contributed by atoms with E-state index in [2.05, 4.69) is 5.32 Å². The SMILES string of the molecule is CC1(C)C(=O)NCCN1C(=O)N1CC(CC(=O)O)C1. The van der Waals surface area contributed by atoms with Crippen LogP contribution in [0.1, 0.15) is 20.3 Å². The number of piperazine rings is 1. The highest BCUT2D eigenvalue weighted by molar-refractivity contribution is 5.91. The number of rotatable bonds is 2. The third kappa shape index (κ3) is 2.50. The van der Waals surface area contributed by atoms with E-state index in [0.717, 1.165) is 0 Å². The van der Waals surface area contributed by atoms with Crippen LogP contribution in [0.4, 0.5) is 4.79 Å². The standard InChI is InChI=1S/C12H19N3O4/c1-12(2)10(18)13-3-4-15(12)11(19)14-6-8(7-14)5-9(16)17/h8H,3-7H2,1-2H3,(H,13,18)(H,16,17). The highest BCUT2D eigenvalue weighted by Gasteiger charge is 2.44. The number of carbonyl (C=O) groups is 3. The first kappa shape index (κ1) is 13.6. The largest absolute Gasteiger partial charge is 0.481 e. The summed E-state index contributed by atoms with van der Waals surface area (Å²) in [5.74, 6) is -0.965. The molecule has 2 N–H and O–H groups in total. The van der Waals surface area contributed by atoms with Gasteiger partial charge in [0.2, 0.25) is 5.91 Å². The Morgan fingerprint density at radius 2 is 2.05 bits per heavy atom. The zero-order valence-electron chi connectivity index (χ0n) is 11.2. The summed E-state index contributed by atoms with van der Waals surface area (Å²) in [5.41, 5.74) is -0.854. The fraction of sp³-hybridized carbons (Fsp3) is 0.750. The minimum atomic E-state index is -0.854. The molecule has 0 spiro atoms. The highest BCUT2D eigenvalue weighted by atomic mass is 16.4. The number of nitrogens with one attached hydrogen (secondary N) is 1. The van der Waals surface area contributed by atoms with Gasteiger partial charge in [-0.2, -0.15) is 0 Å². The van der Waals surface area contributed by atoms with Crippen LogP contribution in [0, 0.1) is 5.92 Å².